The first-order chi connectivity index (χ1) is 12.0. The predicted molar refractivity (Wildman–Crippen MR) is 101 cm³/mol. The molecule has 2 amide bonds. The van der Waals surface area contributed by atoms with Gasteiger partial charge in [-0.3, -0.25) is 14.5 Å². The number of carbonyl (C=O) groups excluding carboxylic acids is 2. The second-order valence-electron chi connectivity index (χ2n) is 5.55. The first-order valence-corrected chi connectivity index (χ1v) is 8.93. The minimum Gasteiger partial charge on any atom is -0.492 e. The van der Waals surface area contributed by atoms with Crippen molar-refractivity contribution in [3.8, 4) is 5.75 Å². The number of amides is 2. The lowest BCUT2D eigenvalue weighted by Gasteiger charge is -2.13. The molecule has 0 atom stereocenters. The van der Waals surface area contributed by atoms with Gasteiger partial charge in [0, 0.05) is 5.02 Å². The molecule has 0 radical (unpaired) electrons. The van der Waals surface area contributed by atoms with E-state index in [1.54, 1.807) is 24.3 Å². The fourth-order valence-electron chi connectivity index (χ4n) is 2.40. The van der Waals surface area contributed by atoms with Crippen molar-refractivity contribution in [3.05, 3.63) is 69.6 Å². The van der Waals surface area contributed by atoms with Crippen LogP contribution in [0.25, 0.3) is 6.08 Å². The summed E-state index contributed by atoms with van der Waals surface area (Å²) in [6, 6.07) is 14.8. The zero-order chi connectivity index (χ0) is 17.8. The fraction of sp³-hybridized carbons (Fsp3) is 0.158. The summed E-state index contributed by atoms with van der Waals surface area (Å²) >= 11 is 6.88. The summed E-state index contributed by atoms with van der Waals surface area (Å²) in [6.45, 7) is 2.45. The summed E-state index contributed by atoms with van der Waals surface area (Å²) in [5.41, 5.74) is 1.88. The van der Waals surface area contributed by atoms with Crippen molar-refractivity contribution in [3.63, 3.8) is 0 Å². The third kappa shape index (κ3) is 4.44. The van der Waals surface area contributed by atoms with Gasteiger partial charge in [0.25, 0.3) is 11.1 Å². The Balaban J connectivity index is 1.63. The van der Waals surface area contributed by atoms with Gasteiger partial charge < -0.3 is 4.74 Å². The van der Waals surface area contributed by atoms with Crippen LogP contribution in [0.3, 0.4) is 0 Å². The molecule has 1 saturated heterocycles. The van der Waals surface area contributed by atoms with E-state index in [1.165, 1.54) is 4.90 Å². The molecule has 0 spiro atoms. The number of imide groups is 1. The van der Waals surface area contributed by atoms with Crippen LogP contribution in [-0.2, 0) is 4.79 Å². The Labute approximate surface area is 155 Å². The van der Waals surface area contributed by atoms with Gasteiger partial charge in [-0.2, -0.15) is 0 Å². The highest BCUT2D eigenvalue weighted by molar-refractivity contribution is 8.18. The summed E-state index contributed by atoms with van der Waals surface area (Å²) in [7, 11) is 0. The molecular formula is C19H16ClNO3S. The van der Waals surface area contributed by atoms with E-state index in [-0.39, 0.29) is 24.3 Å². The topological polar surface area (TPSA) is 46.6 Å². The van der Waals surface area contributed by atoms with Crippen molar-refractivity contribution in [2.45, 2.75) is 6.92 Å². The van der Waals surface area contributed by atoms with E-state index < -0.39 is 0 Å². The van der Waals surface area contributed by atoms with Gasteiger partial charge in [-0.05, 0) is 60.2 Å². The Morgan fingerprint density at radius 1 is 1.16 bits per heavy atom. The van der Waals surface area contributed by atoms with Crippen LogP contribution in [0.2, 0.25) is 5.02 Å². The fourth-order valence-corrected chi connectivity index (χ4v) is 3.46. The van der Waals surface area contributed by atoms with Crippen LogP contribution in [0.4, 0.5) is 4.79 Å². The molecule has 0 saturated carbocycles. The molecule has 6 heteroatoms. The van der Waals surface area contributed by atoms with Crippen LogP contribution in [0, 0.1) is 6.92 Å². The van der Waals surface area contributed by atoms with Gasteiger partial charge in [-0.25, -0.2) is 0 Å². The Kier molecular flexibility index (Phi) is 5.46. The molecule has 1 aliphatic heterocycles. The molecule has 0 bridgehead atoms. The maximum absolute atomic E-state index is 12.4. The average Bonchev–Trinajstić information content (AvgIpc) is 2.82. The van der Waals surface area contributed by atoms with Crippen molar-refractivity contribution < 1.29 is 14.3 Å². The number of thioether (sulfide) groups is 1. The molecule has 2 aromatic rings. The first-order valence-electron chi connectivity index (χ1n) is 7.73. The predicted octanol–water partition coefficient (Wildman–Crippen LogP) is 4.76. The molecule has 0 aromatic heterocycles. The summed E-state index contributed by atoms with van der Waals surface area (Å²) in [5.74, 6) is 0.421. The van der Waals surface area contributed by atoms with Crippen molar-refractivity contribution in [2.24, 2.45) is 0 Å². The molecule has 25 heavy (non-hydrogen) atoms. The molecule has 1 fully saturated rings. The number of aryl methyl sites for hydroxylation is 1. The number of benzene rings is 2. The smallest absolute Gasteiger partial charge is 0.293 e. The zero-order valence-electron chi connectivity index (χ0n) is 13.6. The number of hydrogen-bond acceptors (Lipinski definition) is 4. The number of halogens is 1. The molecule has 2 aromatic carbocycles. The monoisotopic (exact) mass is 373 g/mol. The number of nitrogens with zero attached hydrogens (tertiary/aromatic N) is 1. The van der Waals surface area contributed by atoms with Gasteiger partial charge in [0.1, 0.15) is 12.4 Å². The van der Waals surface area contributed by atoms with Gasteiger partial charge >= 0.3 is 0 Å². The number of carbonyl (C=O) groups is 2. The van der Waals surface area contributed by atoms with E-state index in [9.17, 15) is 9.59 Å². The van der Waals surface area contributed by atoms with E-state index >= 15 is 0 Å². The second kappa shape index (κ2) is 7.76. The van der Waals surface area contributed by atoms with Crippen molar-refractivity contribution in [2.75, 3.05) is 13.2 Å². The summed E-state index contributed by atoms with van der Waals surface area (Å²) in [6.07, 6.45) is 1.68. The molecule has 0 aliphatic carbocycles. The summed E-state index contributed by atoms with van der Waals surface area (Å²) in [5, 5.41) is 0.297. The molecule has 1 heterocycles. The van der Waals surface area contributed by atoms with Gasteiger partial charge in [0.05, 0.1) is 11.4 Å². The van der Waals surface area contributed by atoms with Crippen LogP contribution in [0.15, 0.2) is 53.4 Å². The summed E-state index contributed by atoms with van der Waals surface area (Å²) in [4.78, 5) is 26.1. The molecule has 3 rings (SSSR count). The summed E-state index contributed by atoms with van der Waals surface area (Å²) < 4.78 is 5.62. The van der Waals surface area contributed by atoms with E-state index in [4.69, 9.17) is 16.3 Å². The minimum atomic E-state index is -0.303. The second-order valence-corrected chi connectivity index (χ2v) is 6.98. The first kappa shape index (κ1) is 17.6. The average molecular weight is 374 g/mol. The Hall–Kier alpha value is -2.24. The maximum Gasteiger partial charge on any atom is 0.293 e. The largest absolute Gasteiger partial charge is 0.492 e. The van der Waals surface area contributed by atoms with E-state index in [0.717, 1.165) is 28.6 Å². The molecule has 128 valence electrons. The Morgan fingerprint density at radius 2 is 1.96 bits per heavy atom. The molecule has 0 N–H and O–H groups in total. The van der Waals surface area contributed by atoms with Crippen LogP contribution in [-0.4, -0.2) is 29.2 Å². The van der Waals surface area contributed by atoms with Gasteiger partial charge in [-0.1, -0.05) is 35.9 Å². The Bertz CT molecular complexity index is 850. The third-order valence-electron chi connectivity index (χ3n) is 3.59. The van der Waals surface area contributed by atoms with Crippen molar-refractivity contribution in [1.82, 2.24) is 4.90 Å². The SMILES string of the molecule is Cc1cccc(OCCN2C(=O)S/C(=C\c3cccc(Cl)c3)C2=O)c1. The Morgan fingerprint density at radius 3 is 2.72 bits per heavy atom. The van der Waals surface area contributed by atoms with Gasteiger partial charge in [-0.15, -0.1) is 0 Å². The van der Waals surface area contributed by atoms with Crippen molar-refractivity contribution >= 4 is 40.6 Å². The van der Waals surface area contributed by atoms with Gasteiger partial charge in [0.15, 0.2) is 0 Å². The lowest BCUT2D eigenvalue weighted by atomic mass is 10.2. The van der Waals surface area contributed by atoms with Crippen LogP contribution in [0.1, 0.15) is 11.1 Å². The number of ether oxygens (including phenoxy) is 1. The lowest BCUT2D eigenvalue weighted by molar-refractivity contribution is -0.123. The van der Waals surface area contributed by atoms with E-state index in [2.05, 4.69) is 0 Å². The third-order valence-corrected chi connectivity index (χ3v) is 4.74. The van der Waals surface area contributed by atoms with Gasteiger partial charge in [0.2, 0.25) is 0 Å². The highest BCUT2D eigenvalue weighted by Crippen LogP contribution is 2.32. The highest BCUT2D eigenvalue weighted by atomic mass is 35.5. The highest BCUT2D eigenvalue weighted by Gasteiger charge is 2.34. The standard InChI is InChI=1S/C19H16ClNO3S/c1-13-4-2-7-16(10-13)24-9-8-21-18(22)17(25-19(21)23)12-14-5-3-6-15(20)11-14/h2-7,10-12H,8-9H2,1H3/b17-12-. The zero-order valence-corrected chi connectivity index (χ0v) is 15.1. The number of hydrogen-bond donors (Lipinski definition) is 0. The molecule has 0 unspecified atom stereocenters. The van der Waals surface area contributed by atoms with Crippen LogP contribution >= 0.6 is 23.4 Å². The molecular weight excluding hydrogens is 358 g/mol. The molecule has 1 aliphatic rings. The molecule has 4 nitrogen and oxygen atoms in total. The van der Waals surface area contributed by atoms with E-state index in [0.29, 0.717) is 9.93 Å². The maximum atomic E-state index is 12.4. The van der Waals surface area contributed by atoms with E-state index in [1.807, 2.05) is 37.3 Å². The lowest BCUT2D eigenvalue weighted by Crippen LogP contribution is -2.32. The van der Waals surface area contributed by atoms with Crippen molar-refractivity contribution in [1.29, 1.82) is 0 Å². The number of rotatable bonds is 5. The minimum absolute atomic E-state index is 0.214. The van der Waals surface area contributed by atoms with Crippen LogP contribution < -0.4 is 4.74 Å². The normalized spacial score (nSPS) is 15.9. The quantitative estimate of drug-likeness (QED) is 0.708. The van der Waals surface area contributed by atoms with Crippen LogP contribution in [0.5, 0.6) is 5.75 Å².